The van der Waals surface area contributed by atoms with Crippen molar-refractivity contribution in [2.75, 3.05) is 0 Å². The second-order valence-electron chi connectivity index (χ2n) is 5.89. The van der Waals surface area contributed by atoms with Gasteiger partial charge in [0.2, 0.25) is 0 Å². The fraction of sp³-hybridized carbons (Fsp3) is 0.500. The third-order valence-corrected chi connectivity index (χ3v) is 3.56. The van der Waals surface area contributed by atoms with E-state index >= 15 is 0 Å². The van der Waals surface area contributed by atoms with Crippen LogP contribution < -0.4 is 0 Å². The Morgan fingerprint density at radius 2 is 1.12 bits per heavy atom. The maximum Gasteiger partial charge on any atom is -0.0263 e. The number of allylic oxidation sites excluding steroid dienone is 2. The third kappa shape index (κ3) is 22.7. The Hall–Kier alpha value is -1.56. The van der Waals surface area contributed by atoms with Crippen LogP contribution >= 0.6 is 0 Å². The molecule has 0 spiro atoms. The molecule has 136 valence electrons. The highest BCUT2D eigenvalue weighted by molar-refractivity contribution is 5.45. The van der Waals surface area contributed by atoms with E-state index in [2.05, 4.69) is 33.6 Å². The smallest absolute Gasteiger partial charge is 0.0263 e. The van der Waals surface area contributed by atoms with Crippen LogP contribution in [0.25, 0.3) is 6.08 Å². The fourth-order valence-corrected chi connectivity index (χ4v) is 2.02. The maximum absolute atomic E-state index is 3.66. The van der Waals surface area contributed by atoms with Crippen LogP contribution in [0.2, 0.25) is 0 Å². The second-order valence-corrected chi connectivity index (χ2v) is 5.89. The number of hydrogen-bond acceptors (Lipinski definition) is 0. The summed E-state index contributed by atoms with van der Waals surface area (Å²) in [5, 5.41) is 0. The molecule has 0 aromatic heterocycles. The lowest BCUT2D eigenvalue weighted by Crippen LogP contribution is -1.71. The number of rotatable bonds is 11. The quantitative estimate of drug-likeness (QED) is 0.282. The Kier molecular flexibility index (Phi) is 24.4. The Morgan fingerprint density at radius 1 is 0.667 bits per heavy atom. The maximum atomic E-state index is 3.66. The van der Waals surface area contributed by atoms with Crippen LogP contribution in [0.3, 0.4) is 0 Å². The van der Waals surface area contributed by atoms with Gasteiger partial charge in [0.25, 0.3) is 0 Å². The standard InChI is InChI=1S/C8H8.2C8H16/c1-2-8-6-4-3-5-7-8;2*1-3-5-7-8-6-4-2/h2-7H,1H2;2*3H,1,4-8H2,2H3. The minimum Gasteiger partial charge on any atom is -0.103 e. The summed E-state index contributed by atoms with van der Waals surface area (Å²) >= 11 is 0. The molecule has 0 heteroatoms. The van der Waals surface area contributed by atoms with Gasteiger partial charge >= 0.3 is 0 Å². The SMILES string of the molecule is C=CCCCCCC.C=CCCCCCC.C=Cc1ccccc1. The number of unbranched alkanes of at least 4 members (excludes halogenated alkanes) is 8. The van der Waals surface area contributed by atoms with Crippen molar-refractivity contribution in [2.45, 2.75) is 78.1 Å². The predicted molar refractivity (Wildman–Crippen MR) is 114 cm³/mol. The first-order valence-corrected chi connectivity index (χ1v) is 9.65. The van der Waals surface area contributed by atoms with E-state index in [9.17, 15) is 0 Å². The van der Waals surface area contributed by atoms with Crippen molar-refractivity contribution in [1.82, 2.24) is 0 Å². The Bertz CT molecular complexity index is 345. The monoisotopic (exact) mass is 328 g/mol. The van der Waals surface area contributed by atoms with Crippen LogP contribution in [0.5, 0.6) is 0 Å². The van der Waals surface area contributed by atoms with Crippen LogP contribution in [0.15, 0.2) is 62.2 Å². The zero-order valence-corrected chi connectivity index (χ0v) is 16.3. The zero-order valence-electron chi connectivity index (χ0n) is 16.3. The first-order chi connectivity index (χ1) is 11.8. The van der Waals surface area contributed by atoms with E-state index in [-0.39, 0.29) is 0 Å². The van der Waals surface area contributed by atoms with Gasteiger partial charge in [-0.05, 0) is 31.2 Å². The van der Waals surface area contributed by atoms with Crippen LogP contribution in [0, 0.1) is 0 Å². The summed E-state index contributed by atoms with van der Waals surface area (Å²) in [5.74, 6) is 0. The molecule has 0 saturated carbocycles. The molecule has 1 rings (SSSR count). The Morgan fingerprint density at radius 3 is 1.42 bits per heavy atom. The van der Waals surface area contributed by atoms with Crippen molar-refractivity contribution in [1.29, 1.82) is 0 Å². The highest BCUT2D eigenvalue weighted by atomic mass is 13.9. The molecule has 0 aliphatic carbocycles. The molecular weight excluding hydrogens is 288 g/mol. The van der Waals surface area contributed by atoms with E-state index in [1.807, 2.05) is 48.6 Å². The van der Waals surface area contributed by atoms with E-state index in [0.29, 0.717) is 0 Å². The molecule has 1 aromatic rings. The first kappa shape index (κ1) is 24.7. The molecule has 0 aliphatic rings. The van der Waals surface area contributed by atoms with Crippen molar-refractivity contribution in [3.05, 3.63) is 67.8 Å². The van der Waals surface area contributed by atoms with E-state index in [1.165, 1.54) is 69.8 Å². The molecule has 0 fully saturated rings. The molecular formula is C24H40. The van der Waals surface area contributed by atoms with Gasteiger partial charge in [-0.15, -0.1) is 13.2 Å². The molecule has 1 aromatic carbocycles. The third-order valence-electron chi connectivity index (χ3n) is 3.56. The lowest BCUT2D eigenvalue weighted by atomic mass is 10.2. The van der Waals surface area contributed by atoms with Gasteiger partial charge in [0.05, 0.1) is 0 Å². The van der Waals surface area contributed by atoms with Gasteiger partial charge in [0, 0.05) is 0 Å². The molecule has 0 saturated heterocycles. The van der Waals surface area contributed by atoms with Crippen LogP contribution in [-0.2, 0) is 0 Å². The highest BCUT2D eigenvalue weighted by Gasteiger charge is 1.82. The molecule has 0 amide bonds. The zero-order chi connectivity index (χ0) is 18.3. The minimum atomic E-state index is 1.17. The summed E-state index contributed by atoms with van der Waals surface area (Å²) in [6.07, 6.45) is 19.1. The second kappa shape index (κ2) is 23.7. The minimum absolute atomic E-state index is 1.17. The molecule has 0 bridgehead atoms. The molecule has 0 aliphatic heterocycles. The van der Waals surface area contributed by atoms with Crippen LogP contribution in [0.1, 0.15) is 83.6 Å². The summed E-state index contributed by atoms with van der Waals surface area (Å²) in [7, 11) is 0. The summed E-state index contributed by atoms with van der Waals surface area (Å²) in [6.45, 7) is 15.4. The number of benzene rings is 1. The topological polar surface area (TPSA) is 0 Å². The lowest BCUT2D eigenvalue weighted by Gasteiger charge is -1.91. The summed E-state index contributed by atoms with van der Waals surface area (Å²) < 4.78 is 0. The van der Waals surface area contributed by atoms with Crippen molar-refractivity contribution in [2.24, 2.45) is 0 Å². The average Bonchev–Trinajstić information content (AvgIpc) is 2.64. The van der Waals surface area contributed by atoms with E-state index in [1.54, 1.807) is 0 Å². The Labute approximate surface area is 152 Å². The van der Waals surface area contributed by atoms with Crippen molar-refractivity contribution < 1.29 is 0 Å². The van der Waals surface area contributed by atoms with E-state index < -0.39 is 0 Å². The lowest BCUT2D eigenvalue weighted by molar-refractivity contribution is 0.675. The summed E-state index contributed by atoms with van der Waals surface area (Å²) in [6, 6.07) is 10.0. The molecule has 0 unspecified atom stereocenters. The van der Waals surface area contributed by atoms with Crippen molar-refractivity contribution >= 4 is 6.08 Å². The Balaban J connectivity index is 0. The van der Waals surface area contributed by atoms with Crippen LogP contribution in [0.4, 0.5) is 0 Å². The van der Waals surface area contributed by atoms with Gasteiger partial charge in [-0.25, -0.2) is 0 Å². The summed E-state index contributed by atoms with van der Waals surface area (Å²) in [4.78, 5) is 0. The molecule has 24 heavy (non-hydrogen) atoms. The number of hydrogen-bond donors (Lipinski definition) is 0. The van der Waals surface area contributed by atoms with Gasteiger partial charge in [-0.1, -0.05) is 108 Å². The van der Waals surface area contributed by atoms with Crippen LogP contribution in [-0.4, -0.2) is 0 Å². The molecule has 0 radical (unpaired) electrons. The highest BCUT2D eigenvalue weighted by Crippen LogP contribution is 2.02. The molecule has 0 heterocycles. The van der Waals surface area contributed by atoms with Gasteiger partial charge in [0.1, 0.15) is 0 Å². The molecule has 0 atom stereocenters. The van der Waals surface area contributed by atoms with Gasteiger partial charge in [-0.2, -0.15) is 0 Å². The van der Waals surface area contributed by atoms with Crippen molar-refractivity contribution in [3.63, 3.8) is 0 Å². The first-order valence-electron chi connectivity index (χ1n) is 9.65. The molecule has 0 nitrogen and oxygen atoms in total. The van der Waals surface area contributed by atoms with E-state index in [0.717, 1.165) is 0 Å². The van der Waals surface area contributed by atoms with E-state index in [4.69, 9.17) is 0 Å². The molecule has 0 N–H and O–H groups in total. The largest absolute Gasteiger partial charge is 0.103 e. The fourth-order valence-electron chi connectivity index (χ4n) is 2.02. The van der Waals surface area contributed by atoms with Gasteiger partial charge < -0.3 is 0 Å². The van der Waals surface area contributed by atoms with Crippen molar-refractivity contribution in [3.8, 4) is 0 Å². The average molecular weight is 329 g/mol. The predicted octanol–water partition coefficient (Wildman–Crippen LogP) is 8.62. The van der Waals surface area contributed by atoms with Gasteiger partial charge in [0.15, 0.2) is 0 Å². The summed E-state index contributed by atoms with van der Waals surface area (Å²) in [5.41, 5.74) is 1.17. The normalized spacial score (nSPS) is 8.92. The van der Waals surface area contributed by atoms with Gasteiger partial charge in [-0.3, -0.25) is 0 Å².